The monoisotopic (exact) mass is 219 g/mol. The normalized spacial score (nSPS) is 10.9. The van der Waals surface area contributed by atoms with E-state index in [-0.39, 0.29) is 6.61 Å². The fraction of sp³-hybridized carbons (Fsp3) is 0.385. The number of benzene rings is 1. The van der Waals surface area contributed by atoms with Crippen LogP contribution in [-0.2, 0) is 6.61 Å². The molecule has 0 aliphatic carbocycles. The van der Waals surface area contributed by atoms with E-state index in [9.17, 15) is 0 Å². The minimum atomic E-state index is -0.0463. The number of hydrogen-bond donors (Lipinski definition) is 1. The van der Waals surface area contributed by atoms with E-state index in [1.165, 1.54) is 0 Å². The molecule has 0 aliphatic heterocycles. The molecule has 1 heterocycles. The minimum Gasteiger partial charge on any atom is -0.459 e. The molecule has 86 valence electrons. The Balaban J connectivity index is 2.42. The van der Waals surface area contributed by atoms with Gasteiger partial charge in [0, 0.05) is 30.2 Å². The fourth-order valence-electron chi connectivity index (χ4n) is 1.94. The zero-order valence-corrected chi connectivity index (χ0v) is 9.73. The van der Waals surface area contributed by atoms with Gasteiger partial charge in [0.05, 0.1) is 0 Å². The zero-order valence-electron chi connectivity index (χ0n) is 9.73. The molecule has 0 amide bonds. The standard InChI is InChI=1S/C13H17NO2/c1-3-14(4-2)11-6-5-10-7-12(9-15)16-13(10)8-11/h5-8,15H,3-4,9H2,1-2H3. The maximum atomic E-state index is 9.01. The summed E-state index contributed by atoms with van der Waals surface area (Å²) in [6.45, 7) is 6.18. The van der Waals surface area contributed by atoms with Crippen molar-refractivity contribution < 1.29 is 9.52 Å². The number of fused-ring (bicyclic) bond motifs is 1. The maximum absolute atomic E-state index is 9.01. The van der Waals surface area contributed by atoms with Crippen LogP contribution in [-0.4, -0.2) is 18.2 Å². The molecule has 2 rings (SSSR count). The van der Waals surface area contributed by atoms with Crippen LogP contribution in [0.5, 0.6) is 0 Å². The van der Waals surface area contributed by atoms with Gasteiger partial charge in [-0.05, 0) is 32.0 Å². The van der Waals surface area contributed by atoms with Crippen LogP contribution >= 0.6 is 0 Å². The van der Waals surface area contributed by atoms with Gasteiger partial charge in [-0.15, -0.1) is 0 Å². The average Bonchev–Trinajstić information content (AvgIpc) is 2.73. The van der Waals surface area contributed by atoms with E-state index in [4.69, 9.17) is 9.52 Å². The highest BCUT2D eigenvalue weighted by Crippen LogP contribution is 2.25. The Hall–Kier alpha value is -1.48. The quantitative estimate of drug-likeness (QED) is 0.859. The summed E-state index contributed by atoms with van der Waals surface area (Å²) in [5.41, 5.74) is 2.00. The molecule has 0 saturated carbocycles. The molecule has 0 fully saturated rings. The van der Waals surface area contributed by atoms with Crippen molar-refractivity contribution >= 4 is 16.7 Å². The molecule has 16 heavy (non-hydrogen) atoms. The van der Waals surface area contributed by atoms with Gasteiger partial charge in [0.1, 0.15) is 18.0 Å². The fourth-order valence-corrected chi connectivity index (χ4v) is 1.94. The number of hydrogen-bond acceptors (Lipinski definition) is 3. The van der Waals surface area contributed by atoms with E-state index < -0.39 is 0 Å². The number of aliphatic hydroxyl groups is 1. The van der Waals surface area contributed by atoms with Gasteiger partial charge < -0.3 is 14.4 Å². The van der Waals surface area contributed by atoms with Gasteiger partial charge in [0.25, 0.3) is 0 Å². The number of aliphatic hydroxyl groups excluding tert-OH is 1. The highest BCUT2D eigenvalue weighted by molar-refractivity contribution is 5.81. The predicted molar refractivity (Wildman–Crippen MR) is 65.7 cm³/mol. The SMILES string of the molecule is CCN(CC)c1ccc2cc(CO)oc2c1. The lowest BCUT2D eigenvalue weighted by molar-refractivity contribution is 0.251. The molecule has 0 atom stereocenters. The maximum Gasteiger partial charge on any atom is 0.136 e. The van der Waals surface area contributed by atoms with Crippen molar-refractivity contribution in [2.75, 3.05) is 18.0 Å². The molecule has 3 nitrogen and oxygen atoms in total. The highest BCUT2D eigenvalue weighted by Gasteiger charge is 2.06. The largest absolute Gasteiger partial charge is 0.459 e. The summed E-state index contributed by atoms with van der Waals surface area (Å²) in [5.74, 6) is 0.617. The molecular weight excluding hydrogens is 202 g/mol. The summed E-state index contributed by atoms with van der Waals surface area (Å²) in [7, 11) is 0. The van der Waals surface area contributed by atoms with Crippen molar-refractivity contribution in [2.24, 2.45) is 0 Å². The zero-order chi connectivity index (χ0) is 11.5. The summed E-state index contributed by atoms with van der Waals surface area (Å²) < 4.78 is 5.52. The van der Waals surface area contributed by atoms with Crippen LogP contribution in [0.1, 0.15) is 19.6 Å². The first-order valence-corrected chi connectivity index (χ1v) is 5.66. The molecule has 3 heteroatoms. The van der Waals surface area contributed by atoms with E-state index in [2.05, 4.69) is 24.8 Å². The lowest BCUT2D eigenvalue weighted by atomic mass is 10.2. The van der Waals surface area contributed by atoms with E-state index in [0.717, 1.165) is 29.7 Å². The van der Waals surface area contributed by atoms with Crippen LogP contribution in [0.2, 0.25) is 0 Å². The number of nitrogens with zero attached hydrogens (tertiary/aromatic N) is 1. The lowest BCUT2D eigenvalue weighted by Gasteiger charge is -2.20. The van der Waals surface area contributed by atoms with Crippen molar-refractivity contribution in [3.8, 4) is 0 Å². The second-order valence-electron chi connectivity index (χ2n) is 3.77. The number of anilines is 1. The van der Waals surface area contributed by atoms with Gasteiger partial charge in [-0.2, -0.15) is 0 Å². The van der Waals surface area contributed by atoms with Crippen molar-refractivity contribution in [2.45, 2.75) is 20.5 Å². The first-order valence-electron chi connectivity index (χ1n) is 5.66. The van der Waals surface area contributed by atoms with Gasteiger partial charge in [-0.1, -0.05) is 0 Å². The second-order valence-corrected chi connectivity index (χ2v) is 3.77. The van der Waals surface area contributed by atoms with Crippen molar-refractivity contribution in [1.29, 1.82) is 0 Å². The van der Waals surface area contributed by atoms with Crippen molar-refractivity contribution in [1.82, 2.24) is 0 Å². The first-order chi connectivity index (χ1) is 7.78. The molecule has 0 radical (unpaired) electrons. The molecule has 0 aliphatic rings. The van der Waals surface area contributed by atoms with Gasteiger partial charge in [-0.25, -0.2) is 0 Å². The van der Waals surface area contributed by atoms with Crippen LogP contribution in [0.3, 0.4) is 0 Å². The summed E-state index contributed by atoms with van der Waals surface area (Å²) in [6, 6.07) is 8.03. The highest BCUT2D eigenvalue weighted by atomic mass is 16.4. The third-order valence-electron chi connectivity index (χ3n) is 2.84. The van der Waals surface area contributed by atoms with Crippen LogP contribution in [0.4, 0.5) is 5.69 Å². The predicted octanol–water partition coefficient (Wildman–Crippen LogP) is 2.77. The molecule has 0 unspecified atom stereocenters. The Kier molecular flexibility index (Phi) is 3.15. The molecule has 1 aromatic carbocycles. The topological polar surface area (TPSA) is 36.6 Å². The van der Waals surface area contributed by atoms with Crippen LogP contribution in [0, 0.1) is 0 Å². The molecule has 1 aromatic heterocycles. The Morgan fingerprint density at radius 3 is 2.56 bits per heavy atom. The summed E-state index contributed by atoms with van der Waals surface area (Å²) in [6.07, 6.45) is 0. The Morgan fingerprint density at radius 2 is 1.94 bits per heavy atom. The van der Waals surface area contributed by atoms with E-state index in [1.54, 1.807) is 0 Å². The Morgan fingerprint density at radius 1 is 1.19 bits per heavy atom. The third kappa shape index (κ3) is 1.91. The molecular formula is C13H17NO2. The van der Waals surface area contributed by atoms with E-state index in [1.807, 2.05) is 18.2 Å². The van der Waals surface area contributed by atoms with E-state index >= 15 is 0 Å². The third-order valence-corrected chi connectivity index (χ3v) is 2.84. The smallest absolute Gasteiger partial charge is 0.136 e. The van der Waals surface area contributed by atoms with Crippen LogP contribution in [0.15, 0.2) is 28.7 Å². The van der Waals surface area contributed by atoms with Gasteiger partial charge >= 0.3 is 0 Å². The molecule has 2 aromatic rings. The van der Waals surface area contributed by atoms with Gasteiger partial charge in [0.2, 0.25) is 0 Å². The Bertz CT molecular complexity index is 472. The van der Waals surface area contributed by atoms with Crippen molar-refractivity contribution in [3.05, 3.63) is 30.0 Å². The Labute approximate surface area is 95.3 Å². The van der Waals surface area contributed by atoms with Crippen LogP contribution in [0.25, 0.3) is 11.0 Å². The van der Waals surface area contributed by atoms with Crippen LogP contribution < -0.4 is 4.90 Å². The van der Waals surface area contributed by atoms with Gasteiger partial charge in [-0.3, -0.25) is 0 Å². The molecule has 0 bridgehead atoms. The number of rotatable bonds is 4. The first kappa shape index (κ1) is 11.0. The summed E-state index contributed by atoms with van der Waals surface area (Å²) >= 11 is 0. The van der Waals surface area contributed by atoms with Crippen molar-refractivity contribution in [3.63, 3.8) is 0 Å². The summed E-state index contributed by atoms with van der Waals surface area (Å²) in [4.78, 5) is 2.26. The molecule has 0 spiro atoms. The molecule has 1 N–H and O–H groups in total. The average molecular weight is 219 g/mol. The van der Waals surface area contributed by atoms with E-state index in [0.29, 0.717) is 5.76 Å². The van der Waals surface area contributed by atoms with Gasteiger partial charge in [0.15, 0.2) is 0 Å². The minimum absolute atomic E-state index is 0.0463. The molecule has 0 saturated heterocycles. The second kappa shape index (κ2) is 4.58. The number of furan rings is 1. The lowest BCUT2D eigenvalue weighted by Crippen LogP contribution is -2.21. The summed E-state index contributed by atoms with van der Waals surface area (Å²) in [5, 5.41) is 10.0.